The number of ether oxygens (including phenoxy) is 1. The van der Waals surface area contributed by atoms with E-state index in [0.29, 0.717) is 25.3 Å². The first-order valence-corrected chi connectivity index (χ1v) is 10.2. The van der Waals surface area contributed by atoms with Crippen molar-refractivity contribution in [2.45, 2.75) is 38.3 Å². The third-order valence-electron chi connectivity index (χ3n) is 5.20. The summed E-state index contributed by atoms with van der Waals surface area (Å²) in [4.78, 5) is 37.0. The molecule has 142 valence electrons. The van der Waals surface area contributed by atoms with E-state index in [1.54, 1.807) is 12.4 Å². The lowest BCUT2D eigenvalue weighted by Crippen LogP contribution is -2.47. The van der Waals surface area contributed by atoms with Crippen LogP contribution in [0, 0.1) is 0 Å². The number of thiazole rings is 1. The van der Waals surface area contributed by atoms with Crippen LogP contribution in [0.5, 0.6) is 0 Å². The Morgan fingerprint density at radius 2 is 2.04 bits per heavy atom. The number of carbonyl (C=O) groups excluding carboxylic acids is 2. The molecule has 1 atom stereocenters. The number of hydrogen-bond donors (Lipinski definition) is 0. The summed E-state index contributed by atoms with van der Waals surface area (Å²) in [5.74, 6) is -0.0413. The molecule has 27 heavy (non-hydrogen) atoms. The zero-order chi connectivity index (χ0) is 18.8. The largest absolute Gasteiger partial charge is 0.444 e. The molecule has 2 aliphatic rings. The average molecular weight is 386 g/mol. The van der Waals surface area contributed by atoms with Gasteiger partial charge in [0.25, 0.3) is 5.91 Å². The van der Waals surface area contributed by atoms with Crippen molar-refractivity contribution in [3.8, 4) is 10.6 Å². The van der Waals surface area contributed by atoms with Crippen LogP contribution in [0.15, 0.2) is 29.9 Å². The summed E-state index contributed by atoms with van der Waals surface area (Å²) in [5.41, 5.74) is 1.45. The molecule has 4 heterocycles. The maximum absolute atomic E-state index is 12.8. The van der Waals surface area contributed by atoms with Gasteiger partial charge in [-0.25, -0.2) is 9.78 Å². The normalized spacial score (nSPS) is 20.8. The van der Waals surface area contributed by atoms with Crippen molar-refractivity contribution in [3.05, 3.63) is 35.6 Å². The number of aromatic nitrogens is 2. The summed E-state index contributed by atoms with van der Waals surface area (Å²) in [6, 6.07) is 3.93. The minimum absolute atomic E-state index is 0.00113. The van der Waals surface area contributed by atoms with Crippen LogP contribution >= 0.6 is 11.3 Å². The van der Waals surface area contributed by atoms with E-state index in [2.05, 4.69) is 9.97 Å². The number of pyridine rings is 1. The van der Waals surface area contributed by atoms with Crippen LogP contribution in [0.25, 0.3) is 10.6 Å². The fourth-order valence-corrected chi connectivity index (χ4v) is 4.39. The Morgan fingerprint density at radius 3 is 2.70 bits per heavy atom. The molecule has 2 saturated heterocycles. The van der Waals surface area contributed by atoms with Gasteiger partial charge in [-0.1, -0.05) is 6.92 Å². The summed E-state index contributed by atoms with van der Waals surface area (Å²) >= 11 is 1.46. The predicted octanol–water partition coefficient (Wildman–Crippen LogP) is 3.04. The standard InChI is InChI=1S/C19H22N4O3S/c1-2-15-11-23(19(25)26-15)14-5-9-22(10-6-14)18(24)16-12-27-17(21-16)13-3-7-20-8-4-13/h3-4,7-8,12,14-15H,2,5-6,9-11H2,1H3. The van der Waals surface area contributed by atoms with Crippen molar-refractivity contribution in [1.29, 1.82) is 0 Å². The summed E-state index contributed by atoms with van der Waals surface area (Å²) in [6.07, 6.45) is 5.61. The fraction of sp³-hybridized carbons (Fsp3) is 0.474. The van der Waals surface area contributed by atoms with Gasteiger partial charge < -0.3 is 14.5 Å². The molecule has 0 aromatic carbocycles. The van der Waals surface area contributed by atoms with Gasteiger partial charge in [-0.15, -0.1) is 11.3 Å². The van der Waals surface area contributed by atoms with E-state index >= 15 is 0 Å². The molecular weight excluding hydrogens is 364 g/mol. The molecule has 8 heteroatoms. The van der Waals surface area contributed by atoms with Gasteiger partial charge >= 0.3 is 6.09 Å². The zero-order valence-corrected chi connectivity index (χ0v) is 16.0. The van der Waals surface area contributed by atoms with Gasteiger partial charge in [0.2, 0.25) is 0 Å². The summed E-state index contributed by atoms with van der Waals surface area (Å²) in [7, 11) is 0. The summed E-state index contributed by atoms with van der Waals surface area (Å²) in [6.45, 7) is 3.95. The first-order valence-electron chi connectivity index (χ1n) is 9.28. The monoisotopic (exact) mass is 386 g/mol. The third kappa shape index (κ3) is 3.66. The highest BCUT2D eigenvalue weighted by Crippen LogP contribution is 2.26. The van der Waals surface area contributed by atoms with Crippen molar-refractivity contribution >= 4 is 23.3 Å². The van der Waals surface area contributed by atoms with Crippen LogP contribution in [0.3, 0.4) is 0 Å². The van der Waals surface area contributed by atoms with Gasteiger partial charge in [0.05, 0.1) is 6.54 Å². The molecule has 0 N–H and O–H groups in total. The second-order valence-electron chi connectivity index (χ2n) is 6.86. The highest BCUT2D eigenvalue weighted by molar-refractivity contribution is 7.13. The van der Waals surface area contributed by atoms with Crippen LogP contribution in [0.1, 0.15) is 36.7 Å². The number of rotatable bonds is 4. The zero-order valence-electron chi connectivity index (χ0n) is 15.2. The summed E-state index contributed by atoms with van der Waals surface area (Å²) in [5, 5.41) is 2.63. The number of likely N-dealkylation sites (tertiary alicyclic amines) is 1. The van der Waals surface area contributed by atoms with Crippen LogP contribution < -0.4 is 0 Å². The third-order valence-corrected chi connectivity index (χ3v) is 6.09. The molecule has 2 aliphatic heterocycles. The lowest BCUT2D eigenvalue weighted by Gasteiger charge is -2.35. The fourth-order valence-electron chi connectivity index (χ4n) is 3.59. The molecular formula is C19H22N4O3S. The minimum Gasteiger partial charge on any atom is -0.444 e. The van der Waals surface area contributed by atoms with Crippen molar-refractivity contribution in [2.75, 3.05) is 19.6 Å². The Bertz CT molecular complexity index is 817. The van der Waals surface area contributed by atoms with Crippen LogP contribution in [0.2, 0.25) is 0 Å². The molecule has 4 rings (SSSR count). The SMILES string of the molecule is CCC1CN(C2CCN(C(=O)c3csc(-c4ccncc4)n3)CC2)C(=O)O1. The number of nitrogens with zero attached hydrogens (tertiary/aromatic N) is 4. The Kier molecular flexibility index (Phi) is 5.07. The lowest BCUT2D eigenvalue weighted by molar-refractivity contribution is 0.0653. The molecule has 0 spiro atoms. The number of hydrogen-bond acceptors (Lipinski definition) is 6. The summed E-state index contributed by atoms with van der Waals surface area (Å²) < 4.78 is 5.36. The molecule has 7 nitrogen and oxygen atoms in total. The Hall–Kier alpha value is -2.48. The van der Waals surface area contributed by atoms with Gasteiger partial charge in [-0.05, 0) is 31.4 Å². The van der Waals surface area contributed by atoms with Crippen molar-refractivity contribution < 1.29 is 14.3 Å². The van der Waals surface area contributed by atoms with Crippen LogP contribution in [-0.2, 0) is 4.74 Å². The van der Waals surface area contributed by atoms with E-state index in [-0.39, 0.29) is 24.1 Å². The number of carbonyl (C=O) groups is 2. The van der Waals surface area contributed by atoms with Crippen LogP contribution in [-0.4, -0.2) is 63.5 Å². The first kappa shape index (κ1) is 17.9. The molecule has 1 unspecified atom stereocenters. The van der Waals surface area contributed by atoms with E-state index in [0.717, 1.165) is 29.8 Å². The second kappa shape index (κ2) is 7.64. The lowest BCUT2D eigenvalue weighted by atomic mass is 10.0. The quantitative estimate of drug-likeness (QED) is 0.807. The molecule has 2 amide bonds. The molecule has 0 saturated carbocycles. The first-order chi connectivity index (χ1) is 13.2. The van der Waals surface area contributed by atoms with Gasteiger partial charge in [0.1, 0.15) is 16.8 Å². The Morgan fingerprint density at radius 1 is 1.30 bits per heavy atom. The van der Waals surface area contributed by atoms with Crippen LogP contribution in [0.4, 0.5) is 4.79 Å². The van der Waals surface area contributed by atoms with Gasteiger partial charge in [0.15, 0.2) is 0 Å². The predicted molar refractivity (Wildman–Crippen MR) is 102 cm³/mol. The van der Waals surface area contributed by atoms with Crippen molar-refractivity contribution in [1.82, 2.24) is 19.8 Å². The maximum Gasteiger partial charge on any atom is 0.410 e. The molecule has 2 fully saturated rings. The van der Waals surface area contributed by atoms with Crippen molar-refractivity contribution in [2.24, 2.45) is 0 Å². The van der Waals surface area contributed by atoms with Gasteiger partial charge in [-0.3, -0.25) is 9.78 Å². The van der Waals surface area contributed by atoms with E-state index in [9.17, 15) is 9.59 Å². The molecule has 0 aliphatic carbocycles. The highest BCUT2D eigenvalue weighted by atomic mass is 32.1. The van der Waals surface area contributed by atoms with Gasteiger partial charge in [-0.2, -0.15) is 0 Å². The Labute approximate surface area is 162 Å². The number of cyclic esters (lactones) is 1. The Balaban J connectivity index is 1.37. The maximum atomic E-state index is 12.8. The molecule has 2 aromatic heterocycles. The molecule has 0 radical (unpaired) electrons. The van der Waals surface area contributed by atoms with E-state index in [4.69, 9.17) is 4.74 Å². The topological polar surface area (TPSA) is 75.6 Å². The highest BCUT2D eigenvalue weighted by Gasteiger charge is 2.37. The second-order valence-corrected chi connectivity index (χ2v) is 7.72. The smallest absolute Gasteiger partial charge is 0.410 e. The van der Waals surface area contributed by atoms with Crippen molar-refractivity contribution in [3.63, 3.8) is 0 Å². The number of amides is 2. The van der Waals surface area contributed by atoms with E-state index < -0.39 is 0 Å². The molecule has 2 aromatic rings. The minimum atomic E-state index is -0.215. The number of piperidine rings is 1. The van der Waals surface area contributed by atoms with Gasteiger partial charge in [0, 0.05) is 42.5 Å². The van der Waals surface area contributed by atoms with E-state index in [1.807, 2.05) is 34.2 Å². The molecule has 0 bridgehead atoms. The van der Waals surface area contributed by atoms with E-state index in [1.165, 1.54) is 11.3 Å². The average Bonchev–Trinajstić information content (AvgIpc) is 3.35.